The lowest BCUT2D eigenvalue weighted by Crippen LogP contribution is -1.95. The molecule has 1 rings (SSSR count). The van der Waals surface area contributed by atoms with Crippen LogP contribution in [0.2, 0.25) is 0 Å². The maximum Gasteiger partial charge on any atom is 0.298 e. The van der Waals surface area contributed by atoms with Crippen LogP contribution in [0.1, 0.15) is 11.1 Å². The third-order valence-corrected chi connectivity index (χ3v) is 1.54. The maximum atomic E-state index is 10.1. The summed E-state index contributed by atoms with van der Waals surface area (Å²) in [5.74, 6) is 0.219. The summed E-state index contributed by atoms with van der Waals surface area (Å²) in [5.41, 5.74) is 0.861. The zero-order valence-electron chi connectivity index (χ0n) is 6.73. The highest BCUT2D eigenvalue weighted by Gasteiger charge is 2.03. The van der Waals surface area contributed by atoms with Gasteiger partial charge in [-0.2, -0.15) is 5.26 Å². The van der Waals surface area contributed by atoms with Crippen LogP contribution in [-0.4, -0.2) is 11.6 Å². The van der Waals surface area contributed by atoms with Crippen LogP contribution in [0.3, 0.4) is 0 Å². The topological polar surface area (TPSA) is 70.3 Å². The predicted octanol–water partition coefficient (Wildman–Crippen LogP) is 0.586. The first-order chi connectivity index (χ1) is 6.31. The summed E-state index contributed by atoms with van der Waals surface area (Å²) < 4.78 is 4.58. The lowest BCUT2D eigenvalue weighted by molar-refractivity contribution is -0.120. The average Bonchev–Trinajstić information content (AvgIpc) is 2.18. The smallest absolute Gasteiger partial charge is 0.298 e. The average molecular weight is 177 g/mol. The number of rotatable bonds is 3. The fraction of sp³-hybridized carbons (Fsp3) is 0.111. The number of aliphatic hydroxyl groups excluding tert-OH is 1. The highest BCUT2D eigenvalue weighted by Crippen LogP contribution is 2.19. The summed E-state index contributed by atoms with van der Waals surface area (Å²) in [5, 5.41) is 17.4. The lowest BCUT2D eigenvalue weighted by Gasteiger charge is -2.03. The minimum Gasteiger partial charge on any atom is -0.428 e. The van der Waals surface area contributed by atoms with Crippen LogP contribution in [0.5, 0.6) is 5.75 Å². The molecule has 0 bridgehead atoms. The van der Waals surface area contributed by atoms with E-state index in [1.165, 1.54) is 12.1 Å². The van der Waals surface area contributed by atoms with E-state index >= 15 is 0 Å². The molecular formula is C9H7NO3. The van der Waals surface area contributed by atoms with Crippen molar-refractivity contribution in [2.24, 2.45) is 0 Å². The second-order valence-corrected chi connectivity index (χ2v) is 2.31. The fourth-order valence-corrected chi connectivity index (χ4v) is 0.916. The molecule has 0 atom stereocenters. The number of aliphatic hydroxyl groups is 1. The summed E-state index contributed by atoms with van der Waals surface area (Å²) in [6.45, 7) is 0.0323. The molecule has 4 nitrogen and oxygen atoms in total. The standard InChI is InChI=1S/C9H7NO3/c10-4-7-1-2-8(5-11)9(3-7)13-6-12/h1-3,6,11H,5H2. The number of ether oxygens (including phenoxy) is 1. The Balaban J connectivity index is 3.11. The number of hydrogen-bond donors (Lipinski definition) is 1. The van der Waals surface area contributed by atoms with E-state index in [1.54, 1.807) is 6.07 Å². The van der Waals surface area contributed by atoms with E-state index in [2.05, 4.69) is 4.74 Å². The first-order valence-electron chi connectivity index (χ1n) is 3.56. The molecule has 0 aliphatic rings. The van der Waals surface area contributed by atoms with E-state index in [0.29, 0.717) is 11.1 Å². The molecule has 0 aliphatic carbocycles. The normalized spacial score (nSPS) is 8.92. The summed E-state index contributed by atoms with van der Waals surface area (Å²) in [6.07, 6.45) is 0. The van der Waals surface area contributed by atoms with E-state index in [-0.39, 0.29) is 18.8 Å². The molecule has 4 heteroatoms. The van der Waals surface area contributed by atoms with Gasteiger partial charge in [-0.25, -0.2) is 0 Å². The summed E-state index contributed by atoms with van der Waals surface area (Å²) in [7, 11) is 0. The van der Waals surface area contributed by atoms with E-state index in [1.807, 2.05) is 6.07 Å². The number of nitriles is 1. The van der Waals surface area contributed by atoms with E-state index < -0.39 is 0 Å². The molecule has 0 radical (unpaired) electrons. The van der Waals surface area contributed by atoms with Crippen LogP contribution in [0.15, 0.2) is 18.2 Å². The molecule has 0 amide bonds. The van der Waals surface area contributed by atoms with Crippen molar-refractivity contribution in [3.63, 3.8) is 0 Å². The second kappa shape index (κ2) is 4.24. The molecule has 0 unspecified atom stereocenters. The Hall–Kier alpha value is -1.86. The Bertz CT molecular complexity index is 354. The largest absolute Gasteiger partial charge is 0.428 e. The van der Waals surface area contributed by atoms with Crippen molar-refractivity contribution in [1.29, 1.82) is 5.26 Å². The van der Waals surface area contributed by atoms with Crippen molar-refractivity contribution in [2.75, 3.05) is 0 Å². The van der Waals surface area contributed by atoms with Gasteiger partial charge in [-0.15, -0.1) is 0 Å². The minimum atomic E-state index is -0.227. The van der Waals surface area contributed by atoms with E-state index in [0.717, 1.165) is 0 Å². The van der Waals surface area contributed by atoms with Crippen molar-refractivity contribution >= 4 is 6.47 Å². The third-order valence-electron chi connectivity index (χ3n) is 1.54. The van der Waals surface area contributed by atoms with Crippen LogP contribution in [-0.2, 0) is 11.4 Å². The Morgan fingerprint density at radius 2 is 2.38 bits per heavy atom. The number of carbonyl (C=O) groups excluding carboxylic acids is 1. The highest BCUT2D eigenvalue weighted by molar-refractivity contribution is 5.50. The zero-order valence-corrected chi connectivity index (χ0v) is 6.73. The van der Waals surface area contributed by atoms with Crippen molar-refractivity contribution < 1.29 is 14.6 Å². The summed E-state index contributed by atoms with van der Waals surface area (Å²) >= 11 is 0. The molecule has 1 aromatic carbocycles. The quantitative estimate of drug-likeness (QED) is 0.686. The monoisotopic (exact) mass is 177 g/mol. The number of nitrogens with zero attached hydrogens (tertiary/aromatic N) is 1. The summed E-state index contributed by atoms with van der Waals surface area (Å²) in [6, 6.07) is 6.39. The van der Waals surface area contributed by atoms with Crippen LogP contribution in [0, 0.1) is 11.3 Å². The van der Waals surface area contributed by atoms with Gasteiger partial charge in [-0.1, -0.05) is 6.07 Å². The molecule has 1 aromatic rings. The Morgan fingerprint density at radius 1 is 1.62 bits per heavy atom. The van der Waals surface area contributed by atoms with Gasteiger partial charge in [-0.05, 0) is 12.1 Å². The van der Waals surface area contributed by atoms with Crippen molar-refractivity contribution in [1.82, 2.24) is 0 Å². The Labute approximate surface area is 75.0 Å². The van der Waals surface area contributed by atoms with Gasteiger partial charge in [0.2, 0.25) is 0 Å². The molecule has 0 heterocycles. The highest BCUT2D eigenvalue weighted by atomic mass is 16.5. The van der Waals surface area contributed by atoms with Crippen LogP contribution in [0.4, 0.5) is 0 Å². The number of benzene rings is 1. The van der Waals surface area contributed by atoms with Gasteiger partial charge in [0.1, 0.15) is 5.75 Å². The molecular weight excluding hydrogens is 170 g/mol. The molecule has 13 heavy (non-hydrogen) atoms. The zero-order chi connectivity index (χ0) is 9.68. The van der Waals surface area contributed by atoms with Crippen LogP contribution in [0.25, 0.3) is 0 Å². The van der Waals surface area contributed by atoms with E-state index in [4.69, 9.17) is 10.4 Å². The SMILES string of the molecule is N#Cc1ccc(CO)c(OC=O)c1. The number of hydrogen-bond acceptors (Lipinski definition) is 4. The van der Waals surface area contributed by atoms with E-state index in [9.17, 15) is 4.79 Å². The van der Waals surface area contributed by atoms with Gasteiger partial charge in [0.15, 0.2) is 0 Å². The molecule has 0 aromatic heterocycles. The molecule has 0 saturated carbocycles. The molecule has 66 valence electrons. The van der Waals surface area contributed by atoms with Crippen LogP contribution < -0.4 is 4.74 Å². The molecule has 0 saturated heterocycles. The van der Waals surface area contributed by atoms with Gasteiger partial charge in [-0.3, -0.25) is 4.79 Å². The van der Waals surface area contributed by atoms with Crippen molar-refractivity contribution in [2.45, 2.75) is 6.61 Å². The summed E-state index contributed by atoms with van der Waals surface area (Å²) in [4.78, 5) is 10.1. The fourth-order valence-electron chi connectivity index (χ4n) is 0.916. The van der Waals surface area contributed by atoms with Gasteiger partial charge in [0, 0.05) is 5.56 Å². The molecule has 0 spiro atoms. The molecule has 0 aliphatic heterocycles. The minimum absolute atomic E-state index is 0.219. The lowest BCUT2D eigenvalue weighted by atomic mass is 10.1. The van der Waals surface area contributed by atoms with Gasteiger partial charge in [0.25, 0.3) is 6.47 Å². The first kappa shape index (κ1) is 9.23. The maximum absolute atomic E-state index is 10.1. The predicted molar refractivity (Wildman–Crippen MR) is 43.8 cm³/mol. The van der Waals surface area contributed by atoms with Gasteiger partial charge >= 0.3 is 0 Å². The molecule has 1 N–H and O–H groups in total. The third kappa shape index (κ3) is 2.04. The second-order valence-electron chi connectivity index (χ2n) is 2.31. The Morgan fingerprint density at radius 3 is 2.92 bits per heavy atom. The molecule has 0 fully saturated rings. The Kier molecular flexibility index (Phi) is 3.01. The van der Waals surface area contributed by atoms with Crippen molar-refractivity contribution in [3.8, 4) is 11.8 Å². The first-order valence-corrected chi connectivity index (χ1v) is 3.56. The number of carbonyl (C=O) groups is 1. The van der Waals surface area contributed by atoms with Crippen molar-refractivity contribution in [3.05, 3.63) is 29.3 Å². The van der Waals surface area contributed by atoms with Crippen LogP contribution >= 0.6 is 0 Å². The van der Waals surface area contributed by atoms with Gasteiger partial charge < -0.3 is 9.84 Å². The van der Waals surface area contributed by atoms with Gasteiger partial charge in [0.05, 0.1) is 18.2 Å².